The van der Waals surface area contributed by atoms with Crippen molar-refractivity contribution in [2.24, 2.45) is 0 Å². The van der Waals surface area contributed by atoms with Gasteiger partial charge in [0.25, 0.3) is 5.56 Å². The van der Waals surface area contributed by atoms with Crippen LogP contribution in [-0.2, 0) is 4.79 Å². The fourth-order valence-electron chi connectivity index (χ4n) is 4.80. The number of hydrogen-bond acceptors (Lipinski definition) is 8. The quantitative estimate of drug-likeness (QED) is 0.192. The Bertz CT molecular complexity index is 1850. The lowest BCUT2D eigenvalue weighted by atomic mass is 9.84. The molecule has 1 aliphatic heterocycles. The molecule has 6 rings (SSSR count). The molecule has 2 aromatic heterocycles. The Morgan fingerprint density at radius 3 is 2.51 bits per heavy atom. The van der Waals surface area contributed by atoms with Crippen molar-refractivity contribution in [3.05, 3.63) is 92.4 Å². The highest BCUT2D eigenvalue weighted by Crippen LogP contribution is 2.51. The zero-order chi connectivity index (χ0) is 25.8. The molecule has 1 atom stereocenters. The van der Waals surface area contributed by atoms with Crippen molar-refractivity contribution in [2.45, 2.75) is 12.3 Å². The lowest BCUT2D eigenvalue weighted by Crippen LogP contribution is -2.26. The molecule has 1 aliphatic rings. The third-order valence-corrected chi connectivity index (χ3v) is 6.56. The van der Waals surface area contributed by atoms with Gasteiger partial charge in [-0.2, -0.15) is 0 Å². The number of pyridine rings is 1. The molecule has 37 heavy (non-hydrogen) atoms. The average molecular weight is 497 g/mol. The maximum Gasteiger partial charge on any atom is 0.312 e. The summed E-state index contributed by atoms with van der Waals surface area (Å²) in [6.07, 6.45) is -0.254. The number of phenols is 2. The van der Waals surface area contributed by atoms with Crippen LogP contribution < -0.4 is 20.5 Å². The van der Waals surface area contributed by atoms with Crippen LogP contribution in [0.2, 0.25) is 0 Å². The van der Waals surface area contributed by atoms with Crippen molar-refractivity contribution in [1.29, 1.82) is 0 Å². The van der Waals surface area contributed by atoms with Crippen LogP contribution in [0.3, 0.4) is 0 Å². The summed E-state index contributed by atoms with van der Waals surface area (Å²) < 4.78 is 16.6. The van der Waals surface area contributed by atoms with Crippen LogP contribution in [0.25, 0.3) is 33.2 Å². The molecule has 3 N–H and O–H groups in total. The van der Waals surface area contributed by atoms with Crippen molar-refractivity contribution in [3.8, 4) is 34.3 Å². The number of rotatable bonds is 3. The molecule has 0 bridgehead atoms. The molecule has 0 radical (unpaired) electrons. The normalized spacial score (nSPS) is 14.9. The number of benzene rings is 3. The highest BCUT2D eigenvalue weighted by Gasteiger charge is 2.38. The number of aromatic nitrogens is 1. The average Bonchev–Trinajstić information content (AvgIpc) is 2.90. The Morgan fingerprint density at radius 1 is 0.973 bits per heavy atom. The lowest BCUT2D eigenvalue weighted by molar-refractivity contribution is -0.135. The number of aromatic hydroxyl groups is 2. The van der Waals surface area contributed by atoms with Gasteiger partial charge in [-0.25, -0.2) is 0 Å². The molecule has 5 aromatic rings. The predicted molar refractivity (Wildman–Crippen MR) is 134 cm³/mol. The summed E-state index contributed by atoms with van der Waals surface area (Å²) in [6, 6.07) is 16.9. The minimum atomic E-state index is -0.935. The van der Waals surface area contributed by atoms with E-state index in [2.05, 4.69) is 4.98 Å². The van der Waals surface area contributed by atoms with Crippen LogP contribution >= 0.6 is 0 Å². The molecule has 0 unspecified atom stereocenters. The van der Waals surface area contributed by atoms with Crippen LogP contribution in [0.5, 0.6) is 23.0 Å². The summed E-state index contributed by atoms with van der Waals surface area (Å²) in [5, 5.41) is 21.8. The van der Waals surface area contributed by atoms with E-state index in [4.69, 9.17) is 13.9 Å². The first kappa shape index (κ1) is 22.4. The summed E-state index contributed by atoms with van der Waals surface area (Å²) in [5.41, 5.74) is 0.295. The van der Waals surface area contributed by atoms with E-state index in [-0.39, 0.29) is 40.0 Å². The van der Waals surface area contributed by atoms with Gasteiger partial charge in [0.2, 0.25) is 5.75 Å². The number of esters is 1. The minimum Gasteiger partial charge on any atom is -0.504 e. The number of phenolic OH excluding ortho intramolecular Hbond substituents is 2. The van der Waals surface area contributed by atoms with E-state index in [9.17, 15) is 24.6 Å². The van der Waals surface area contributed by atoms with Crippen molar-refractivity contribution in [3.63, 3.8) is 0 Å². The predicted octanol–water partition coefficient (Wildman–Crippen LogP) is 4.16. The molecule has 3 heterocycles. The number of carbonyl (C=O) groups excluding carboxylic acids is 1. The molecule has 0 spiro atoms. The molecule has 0 amide bonds. The third-order valence-electron chi connectivity index (χ3n) is 6.56. The third kappa shape index (κ3) is 3.51. The van der Waals surface area contributed by atoms with E-state index < -0.39 is 34.4 Å². The fourth-order valence-corrected chi connectivity index (χ4v) is 4.80. The number of methoxy groups -OCH3 is 1. The minimum absolute atomic E-state index is 0.0802. The first-order valence-corrected chi connectivity index (χ1v) is 11.4. The van der Waals surface area contributed by atoms with E-state index in [1.807, 2.05) is 6.07 Å². The van der Waals surface area contributed by atoms with Gasteiger partial charge in [-0.3, -0.25) is 14.4 Å². The molecule has 0 fully saturated rings. The first-order valence-electron chi connectivity index (χ1n) is 11.4. The van der Waals surface area contributed by atoms with Gasteiger partial charge < -0.3 is 29.1 Å². The smallest absolute Gasteiger partial charge is 0.312 e. The van der Waals surface area contributed by atoms with Gasteiger partial charge >= 0.3 is 5.97 Å². The Balaban J connectivity index is 1.67. The maximum absolute atomic E-state index is 13.2. The van der Waals surface area contributed by atoms with E-state index in [0.717, 1.165) is 0 Å². The molecule has 9 nitrogen and oxygen atoms in total. The molecular weight excluding hydrogens is 478 g/mol. The summed E-state index contributed by atoms with van der Waals surface area (Å²) in [6.45, 7) is 0. The fraction of sp³-hybridized carbons (Fsp3) is 0.107. The number of ether oxygens (including phenoxy) is 2. The van der Waals surface area contributed by atoms with Crippen LogP contribution in [0.4, 0.5) is 0 Å². The van der Waals surface area contributed by atoms with E-state index in [1.54, 1.807) is 48.5 Å². The van der Waals surface area contributed by atoms with Crippen LogP contribution in [0, 0.1) is 0 Å². The van der Waals surface area contributed by atoms with Crippen molar-refractivity contribution < 1.29 is 28.9 Å². The van der Waals surface area contributed by atoms with Crippen LogP contribution in [0.1, 0.15) is 23.5 Å². The Labute approximate surface area is 208 Å². The van der Waals surface area contributed by atoms with Gasteiger partial charge in [0, 0.05) is 29.2 Å². The topological polar surface area (TPSA) is 139 Å². The number of hydrogen-bond donors (Lipinski definition) is 3. The first-order chi connectivity index (χ1) is 17.9. The number of nitrogens with one attached hydrogen (secondary N) is 1. The molecule has 0 aliphatic carbocycles. The van der Waals surface area contributed by atoms with Gasteiger partial charge in [0.15, 0.2) is 16.9 Å². The number of fused-ring (bicyclic) bond motifs is 4. The Morgan fingerprint density at radius 2 is 1.76 bits per heavy atom. The maximum atomic E-state index is 13.2. The largest absolute Gasteiger partial charge is 0.504 e. The number of carbonyl (C=O) groups is 1. The molecular formula is C28H19NO8. The summed E-state index contributed by atoms with van der Waals surface area (Å²) >= 11 is 0. The monoisotopic (exact) mass is 497 g/mol. The van der Waals surface area contributed by atoms with Gasteiger partial charge in [-0.15, -0.1) is 0 Å². The van der Waals surface area contributed by atoms with Crippen molar-refractivity contribution in [1.82, 2.24) is 4.98 Å². The SMILES string of the molecule is COc1ccc2cc([C@H]3CC(=O)Oc4c(O)c(O)c5c(=O)cc(-c6ccccc6)oc5c43)c(=O)[nH]c2c1. The highest BCUT2D eigenvalue weighted by atomic mass is 16.5. The standard InChI is InChI=1S/C28H19NO8/c1-35-15-8-7-14-9-17(28(34)29-18(14)10-15)16-11-21(31)37-27-22(16)26-23(24(32)25(27)33)19(30)12-20(36-26)13-5-3-2-4-6-13/h2-10,12,16,32-33H,11H2,1H3,(H,29,34)/t16-/m1/s1. The molecule has 0 saturated carbocycles. The van der Waals surface area contributed by atoms with Crippen molar-refractivity contribution >= 4 is 27.8 Å². The second kappa shape index (κ2) is 8.27. The van der Waals surface area contributed by atoms with Crippen LogP contribution in [-0.4, -0.2) is 28.3 Å². The van der Waals surface area contributed by atoms with Gasteiger partial charge in [-0.05, 0) is 23.6 Å². The highest BCUT2D eigenvalue weighted by molar-refractivity contribution is 5.96. The second-order valence-electron chi connectivity index (χ2n) is 8.72. The number of aromatic amines is 1. The molecule has 184 valence electrons. The van der Waals surface area contributed by atoms with E-state index in [1.165, 1.54) is 13.2 Å². The Hall–Kier alpha value is -5.05. The van der Waals surface area contributed by atoms with Gasteiger partial charge in [0.05, 0.1) is 24.6 Å². The molecule has 9 heteroatoms. The second-order valence-corrected chi connectivity index (χ2v) is 8.72. The van der Waals surface area contributed by atoms with Gasteiger partial charge in [0.1, 0.15) is 22.5 Å². The summed E-state index contributed by atoms with van der Waals surface area (Å²) in [4.78, 5) is 41.8. The van der Waals surface area contributed by atoms with Gasteiger partial charge in [-0.1, -0.05) is 30.3 Å². The lowest BCUT2D eigenvalue weighted by Gasteiger charge is -2.26. The number of H-pyrrole nitrogens is 1. The van der Waals surface area contributed by atoms with E-state index >= 15 is 0 Å². The van der Waals surface area contributed by atoms with E-state index in [0.29, 0.717) is 22.2 Å². The van der Waals surface area contributed by atoms with Crippen molar-refractivity contribution in [2.75, 3.05) is 7.11 Å². The summed E-state index contributed by atoms with van der Waals surface area (Å²) in [5.74, 6) is -2.78. The van der Waals surface area contributed by atoms with Crippen LogP contribution in [0.15, 0.2) is 74.7 Å². The Kier molecular flexibility index (Phi) is 5.01. The summed E-state index contributed by atoms with van der Waals surface area (Å²) in [7, 11) is 1.52. The molecule has 0 saturated heterocycles. The molecule has 3 aromatic carbocycles. The zero-order valence-corrected chi connectivity index (χ0v) is 19.4. The zero-order valence-electron chi connectivity index (χ0n) is 19.4.